The molecule has 84 valence electrons. The van der Waals surface area contributed by atoms with Gasteiger partial charge < -0.3 is 10.2 Å². The van der Waals surface area contributed by atoms with Crippen LogP contribution in [0.2, 0.25) is 0 Å². The van der Waals surface area contributed by atoms with Crippen LogP contribution in [0.25, 0.3) is 0 Å². The first-order chi connectivity index (χ1) is 7.84. The van der Waals surface area contributed by atoms with Gasteiger partial charge in [-0.3, -0.25) is 0 Å². The number of nitrogens with one attached hydrogen (secondary N) is 1. The highest BCUT2D eigenvalue weighted by Crippen LogP contribution is 2.30. The van der Waals surface area contributed by atoms with E-state index in [1.54, 1.807) is 0 Å². The van der Waals surface area contributed by atoms with E-state index < -0.39 is 0 Å². The van der Waals surface area contributed by atoms with E-state index in [1.165, 1.54) is 24.1 Å². The number of aliphatic imine (C=N–C) groups is 1. The minimum atomic E-state index is 0.271. The molecule has 0 aromatic heterocycles. The smallest absolute Gasteiger partial charge is 0.199 e. The van der Waals surface area contributed by atoms with Crippen LogP contribution in [0.5, 0.6) is 0 Å². The molecule has 0 saturated carbocycles. The molecular formula is C13H17N3. The fraction of sp³-hybridized carbons (Fsp3) is 0.462. The number of hydrogen-bond acceptors (Lipinski definition) is 3. The first-order valence-electron chi connectivity index (χ1n) is 6.03. The Morgan fingerprint density at radius 2 is 2.00 bits per heavy atom. The summed E-state index contributed by atoms with van der Waals surface area (Å²) >= 11 is 0. The van der Waals surface area contributed by atoms with Gasteiger partial charge in [0.1, 0.15) is 0 Å². The van der Waals surface area contributed by atoms with Crippen LogP contribution in [-0.4, -0.2) is 23.9 Å². The lowest BCUT2D eigenvalue weighted by atomic mass is 10.1. The average molecular weight is 215 g/mol. The van der Waals surface area contributed by atoms with Crippen LogP contribution in [0.1, 0.15) is 31.4 Å². The van der Waals surface area contributed by atoms with Gasteiger partial charge in [0.05, 0.1) is 6.04 Å². The highest BCUT2D eigenvalue weighted by Gasteiger charge is 2.22. The molecule has 3 rings (SSSR count). The predicted molar refractivity (Wildman–Crippen MR) is 66.7 cm³/mol. The molecule has 2 heterocycles. The van der Waals surface area contributed by atoms with E-state index in [4.69, 9.17) is 4.99 Å². The van der Waals surface area contributed by atoms with E-state index in [1.807, 2.05) is 0 Å². The summed E-state index contributed by atoms with van der Waals surface area (Å²) in [5, 5.41) is 3.45. The van der Waals surface area contributed by atoms with E-state index in [0.29, 0.717) is 0 Å². The van der Waals surface area contributed by atoms with Crippen LogP contribution in [0.3, 0.4) is 0 Å². The van der Waals surface area contributed by atoms with Gasteiger partial charge in [-0.2, -0.15) is 0 Å². The summed E-state index contributed by atoms with van der Waals surface area (Å²) in [6.07, 6.45) is 2.58. The van der Waals surface area contributed by atoms with E-state index in [9.17, 15) is 0 Å². The normalized spacial score (nSPS) is 23.7. The molecule has 0 bridgehead atoms. The Hall–Kier alpha value is -1.51. The molecule has 1 aromatic rings. The van der Waals surface area contributed by atoms with Crippen molar-refractivity contribution in [1.29, 1.82) is 0 Å². The van der Waals surface area contributed by atoms with Crippen LogP contribution in [0.4, 0.5) is 5.69 Å². The lowest BCUT2D eigenvalue weighted by Crippen LogP contribution is -2.36. The molecule has 1 N–H and O–H groups in total. The number of nitrogens with zero attached hydrogens (tertiary/aromatic N) is 2. The second-order valence-corrected chi connectivity index (χ2v) is 4.54. The van der Waals surface area contributed by atoms with Crippen molar-refractivity contribution in [3.05, 3.63) is 29.8 Å². The second-order valence-electron chi connectivity index (χ2n) is 4.54. The molecule has 1 saturated heterocycles. The highest BCUT2D eigenvalue weighted by molar-refractivity contribution is 5.96. The van der Waals surface area contributed by atoms with Crippen molar-refractivity contribution >= 4 is 11.6 Å². The summed E-state index contributed by atoms with van der Waals surface area (Å²) in [5.74, 6) is 1.06. The average Bonchev–Trinajstić information content (AvgIpc) is 2.82. The van der Waals surface area contributed by atoms with Crippen LogP contribution in [0.15, 0.2) is 29.3 Å². The molecule has 2 aliphatic heterocycles. The summed E-state index contributed by atoms with van der Waals surface area (Å²) in [5.41, 5.74) is 2.51. The molecule has 3 heteroatoms. The fourth-order valence-corrected chi connectivity index (χ4v) is 2.47. The van der Waals surface area contributed by atoms with Crippen molar-refractivity contribution in [3.63, 3.8) is 0 Å². The first-order valence-corrected chi connectivity index (χ1v) is 6.03. The van der Waals surface area contributed by atoms with Gasteiger partial charge in [-0.1, -0.05) is 18.2 Å². The van der Waals surface area contributed by atoms with Crippen LogP contribution >= 0.6 is 0 Å². The first kappa shape index (κ1) is 9.70. The zero-order valence-electron chi connectivity index (χ0n) is 9.61. The van der Waals surface area contributed by atoms with Gasteiger partial charge in [0.25, 0.3) is 0 Å². The number of rotatable bonds is 0. The maximum atomic E-state index is 4.74. The highest BCUT2D eigenvalue weighted by atomic mass is 15.3. The molecule has 1 atom stereocenters. The topological polar surface area (TPSA) is 27.6 Å². The van der Waals surface area contributed by atoms with Crippen molar-refractivity contribution < 1.29 is 0 Å². The number of anilines is 1. The molecule has 0 aliphatic carbocycles. The van der Waals surface area contributed by atoms with Crippen molar-refractivity contribution in [2.24, 2.45) is 4.99 Å². The van der Waals surface area contributed by atoms with E-state index in [2.05, 4.69) is 41.4 Å². The lowest BCUT2D eigenvalue weighted by molar-refractivity contribution is 0.509. The molecule has 0 amide bonds. The van der Waals surface area contributed by atoms with Crippen molar-refractivity contribution in [2.75, 3.05) is 18.4 Å². The molecule has 16 heavy (non-hydrogen) atoms. The van der Waals surface area contributed by atoms with Gasteiger partial charge in [0.15, 0.2) is 5.96 Å². The number of fused-ring (bicyclic) bond motifs is 1. The third-order valence-electron chi connectivity index (χ3n) is 3.38. The molecule has 1 unspecified atom stereocenters. The van der Waals surface area contributed by atoms with Gasteiger partial charge in [0, 0.05) is 18.8 Å². The number of guanidine groups is 1. The summed E-state index contributed by atoms with van der Waals surface area (Å²) in [6.45, 7) is 4.44. The van der Waals surface area contributed by atoms with Crippen molar-refractivity contribution in [1.82, 2.24) is 4.90 Å². The number of hydrogen-bond donors (Lipinski definition) is 1. The van der Waals surface area contributed by atoms with Gasteiger partial charge in [-0.25, -0.2) is 4.99 Å². The molecule has 1 fully saturated rings. The monoisotopic (exact) mass is 215 g/mol. The molecule has 2 aliphatic rings. The summed E-state index contributed by atoms with van der Waals surface area (Å²) in [4.78, 5) is 7.09. The summed E-state index contributed by atoms with van der Waals surface area (Å²) in [7, 11) is 0. The van der Waals surface area contributed by atoms with Crippen molar-refractivity contribution in [3.8, 4) is 0 Å². The van der Waals surface area contributed by atoms with Gasteiger partial charge in [-0.15, -0.1) is 0 Å². The van der Waals surface area contributed by atoms with Gasteiger partial charge in [0.2, 0.25) is 0 Å². The molecule has 3 nitrogen and oxygen atoms in total. The maximum Gasteiger partial charge on any atom is 0.199 e. The zero-order valence-corrected chi connectivity index (χ0v) is 9.61. The third-order valence-corrected chi connectivity index (χ3v) is 3.38. The molecule has 0 radical (unpaired) electrons. The Labute approximate surface area is 96.2 Å². The van der Waals surface area contributed by atoms with Crippen LogP contribution < -0.4 is 5.32 Å². The Morgan fingerprint density at radius 1 is 1.25 bits per heavy atom. The quantitative estimate of drug-likeness (QED) is 0.720. The minimum Gasteiger partial charge on any atom is -0.343 e. The number of para-hydroxylation sites is 1. The third kappa shape index (κ3) is 1.56. The zero-order chi connectivity index (χ0) is 11.0. The van der Waals surface area contributed by atoms with E-state index in [-0.39, 0.29) is 6.04 Å². The predicted octanol–water partition coefficient (Wildman–Crippen LogP) is 2.62. The Kier molecular flexibility index (Phi) is 2.31. The van der Waals surface area contributed by atoms with E-state index in [0.717, 1.165) is 19.0 Å². The number of benzene rings is 1. The lowest BCUT2D eigenvalue weighted by Gasteiger charge is -2.28. The van der Waals surface area contributed by atoms with Crippen LogP contribution in [0, 0.1) is 0 Å². The largest absolute Gasteiger partial charge is 0.343 e. The van der Waals surface area contributed by atoms with Crippen LogP contribution in [-0.2, 0) is 0 Å². The Balaban J connectivity index is 1.90. The van der Waals surface area contributed by atoms with Gasteiger partial charge >= 0.3 is 0 Å². The molecule has 1 aromatic carbocycles. The Bertz CT molecular complexity index is 419. The molecule has 0 spiro atoms. The molecular weight excluding hydrogens is 198 g/mol. The summed E-state index contributed by atoms with van der Waals surface area (Å²) < 4.78 is 0. The maximum absolute atomic E-state index is 4.74. The Morgan fingerprint density at radius 3 is 2.81 bits per heavy atom. The van der Waals surface area contributed by atoms with Gasteiger partial charge in [-0.05, 0) is 31.4 Å². The summed E-state index contributed by atoms with van der Waals surface area (Å²) in [6, 6.07) is 8.71. The number of likely N-dealkylation sites (tertiary alicyclic amines) is 1. The van der Waals surface area contributed by atoms with E-state index >= 15 is 0 Å². The minimum absolute atomic E-state index is 0.271. The SMILES string of the molecule is CC1N=C(N2CCCC2)Nc2ccccc21. The van der Waals surface area contributed by atoms with Crippen molar-refractivity contribution in [2.45, 2.75) is 25.8 Å². The second kappa shape index (κ2) is 3.81. The standard InChI is InChI=1S/C13H17N3/c1-10-11-6-2-3-7-12(11)15-13(14-10)16-8-4-5-9-16/h2-3,6-7,10H,4-5,8-9H2,1H3,(H,14,15). The fourth-order valence-electron chi connectivity index (χ4n) is 2.47.